The first-order valence-electron chi connectivity index (χ1n) is 7.55. The Morgan fingerprint density at radius 3 is 1.17 bits per heavy atom. The van der Waals surface area contributed by atoms with Crippen LogP contribution in [0.5, 0.6) is 0 Å². The molecule has 24 heavy (non-hydrogen) atoms. The van der Waals surface area contributed by atoms with Crippen LogP contribution in [0.1, 0.15) is 11.1 Å². The smallest absolute Gasteiger partial charge is 0.110 e. The van der Waals surface area contributed by atoms with Gasteiger partial charge in [-0.2, -0.15) is 0 Å². The lowest BCUT2D eigenvalue weighted by Crippen LogP contribution is -2.13. The molecule has 3 aromatic carbocycles. The minimum atomic E-state index is 0.690. The van der Waals surface area contributed by atoms with Gasteiger partial charge in [-0.05, 0) is 24.3 Å². The quantitative estimate of drug-likeness (QED) is 0.628. The highest BCUT2D eigenvalue weighted by Crippen LogP contribution is 2.13. The molecule has 118 valence electrons. The third-order valence-corrected chi connectivity index (χ3v) is 4.15. The molecule has 0 aliphatic rings. The third-order valence-electron chi connectivity index (χ3n) is 3.47. The van der Waals surface area contributed by atoms with Crippen molar-refractivity contribution in [3.63, 3.8) is 0 Å². The van der Waals surface area contributed by atoms with E-state index in [1.165, 1.54) is 0 Å². The molecule has 0 saturated carbocycles. The van der Waals surface area contributed by atoms with Gasteiger partial charge in [0, 0.05) is 22.5 Å². The molecule has 3 rings (SSSR count). The molecule has 0 spiro atoms. The van der Waals surface area contributed by atoms with Gasteiger partial charge in [-0.25, -0.2) is 0 Å². The maximum atomic E-state index is 5.46. The molecule has 0 aliphatic heterocycles. The van der Waals surface area contributed by atoms with Gasteiger partial charge in [0.25, 0.3) is 0 Å². The fourth-order valence-corrected chi connectivity index (χ4v) is 2.73. The van der Waals surface area contributed by atoms with Crippen molar-refractivity contribution in [2.24, 2.45) is 0 Å². The van der Waals surface area contributed by atoms with E-state index in [-0.39, 0.29) is 0 Å². The number of thiocarbonyl (C=S) groups is 2. The van der Waals surface area contributed by atoms with Crippen LogP contribution in [0.15, 0.2) is 84.9 Å². The highest BCUT2D eigenvalue weighted by atomic mass is 32.1. The molecule has 2 N–H and O–H groups in total. The van der Waals surface area contributed by atoms with Crippen molar-refractivity contribution in [1.82, 2.24) is 0 Å². The fraction of sp³-hybridized carbons (Fsp3) is 0. The summed E-state index contributed by atoms with van der Waals surface area (Å²) in [6.45, 7) is 0. The number of nitrogens with one attached hydrogen (secondary N) is 2. The van der Waals surface area contributed by atoms with Crippen LogP contribution < -0.4 is 10.6 Å². The van der Waals surface area contributed by atoms with E-state index in [9.17, 15) is 0 Å². The lowest BCUT2D eigenvalue weighted by molar-refractivity contribution is 1.58. The van der Waals surface area contributed by atoms with Crippen molar-refractivity contribution in [1.29, 1.82) is 0 Å². The van der Waals surface area contributed by atoms with E-state index in [1.54, 1.807) is 0 Å². The highest BCUT2D eigenvalue weighted by molar-refractivity contribution is 7.81. The van der Waals surface area contributed by atoms with Crippen molar-refractivity contribution in [2.45, 2.75) is 0 Å². The van der Waals surface area contributed by atoms with E-state index < -0.39 is 0 Å². The zero-order valence-corrected chi connectivity index (χ0v) is 14.5. The summed E-state index contributed by atoms with van der Waals surface area (Å²) in [5, 5.41) is 6.46. The van der Waals surface area contributed by atoms with Crippen LogP contribution in [-0.4, -0.2) is 9.98 Å². The van der Waals surface area contributed by atoms with Crippen LogP contribution in [0.4, 0.5) is 11.4 Å². The molecule has 4 heteroatoms. The van der Waals surface area contributed by atoms with E-state index in [0.29, 0.717) is 9.98 Å². The minimum absolute atomic E-state index is 0.690. The topological polar surface area (TPSA) is 24.1 Å². The number of hydrogen-bond donors (Lipinski definition) is 2. The van der Waals surface area contributed by atoms with Crippen molar-refractivity contribution >= 4 is 45.8 Å². The molecule has 0 heterocycles. The average molecular weight is 348 g/mol. The maximum absolute atomic E-state index is 5.46. The Bertz CT molecular complexity index is 756. The van der Waals surface area contributed by atoms with Gasteiger partial charge < -0.3 is 10.6 Å². The van der Waals surface area contributed by atoms with E-state index in [1.807, 2.05) is 84.9 Å². The van der Waals surface area contributed by atoms with Gasteiger partial charge in [0.2, 0.25) is 0 Å². The second-order valence-corrected chi connectivity index (χ2v) is 6.03. The Morgan fingerprint density at radius 1 is 0.500 bits per heavy atom. The molecule has 0 bridgehead atoms. The summed E-state index contributed by atoms with van der Waals surface area (Å²) in [5.41, 5.74) is 3.88. The SMILES string of the molecule is S=C(Nc1ccccc1)c1ccc(C(=S)Nc2ccccc2)cc1. The molecule has 0 aliphatic carbocycles. The highest BCUT2D eigenvalue weighted by Gasteiger charge is 2.05. The third kappa shape index (κ3) is 4.25. The predicted molar refractivity (Wildman–Crippen MR) is 110 cm³/mol. The van der Waals surface area contributed by atoms with Crippen molar-refractivity contribution in [3.8, 4) is 0 Å². The second-order valence-electron chi connectivity index (χ2n) is 5.22. The Kier molecular flexibility index (Phi) is 5.31. The summed E-state index contributed by atoms with van der Waals surface area (Å²) in [6, 6.07) is 27.7. The molecule has 0 radical (unpaired) electrons. The molecule has 3 aromatic rings. The van der Waals surface area contributed by atoms with E-state index in [0.717, 1.165) is 22.5 Å². The summed E-state index contributed by atoms with van der Waals surface area (Å²) in [7, 11) is 0. The molecular weight excluding hydrogens is 332 g/mol. The largest absolute Gasteiger partial charge is 0.346 e. The average Bonchev–Trinajstić information content (AvgIpc) is 2.63. The minimum Gasteiger partial charge on any atom is -0.346 e. The monoisotopic (exact) mass is 348 g/mol. The Labute approximate surface area is 152 Å². The fourth-order valence-electron chi connectivity index (χ4n) is 2.22. The van der Waals surface area contributed by atoms with Gasteiger partial charge in [-0.1, -0.05) is 85.1 Å². The number of rotatable bonds is 4. The van der Waals surface area contributed by atoms with Crippen LogP contribution in [0.2, 0.25) is 0 Å². The van der Waals surface area contributed by atoms with Gasteiger partial charge >= 0.3 is 0 Å². The number of benzene rings is 3. The molecule has 0 fully saturated rings. The first-order valence-corrected chi connectivity index (χ1v) is 8.37. The molecule has 0 unspecified atom stereocenters. The Hall–Kier alpha value is -2.56. The van der Waals surface area contributed by atoms with Crippen molar-refractivity contribution < 1.29 is 0 Å². The molecule has 0 saturated heterocycles. The molecule has 0 atom stereocenters. The van der Waals surface area contributed by atoms with Gasteiger partial charge in [-0.3, -0.25) is 0 Å². The van der Waals surface area contributed by atoms with Crippen molar-refractivity contribution in [2.75, 3.05) is 10.6 Å². The first-order chi connectivity index (χ1) is 11.7. The maximum Gasteiger partial charge on any atom is 0.110 e. The van der Waals surface area contributed by atoms with Crippen LogP contribution in [-0.2, 0) is 0 Å². The van der Waals surface area contributed by atoms with Gasteiger partial charge in [-0.15, -0.1) is 0 Å². The summed E-state index contributed by atoms with van der Waals surface area (Å²) in [5.74, 6) is 0. The number of para-hydroxylation sites is 2. The zero-order chi connectivity index (χ0) is 16.8. The molecule has 2 nitrogen and oxygen atoms in total. The van der Waals surface area contributed by atoms with Crippen LogP contribution >= 0.6 is 24.4 Å². The Balaban J connectivity index is 1.66. The number of hydrogen-bond acceptors (Lipinski definition) is 2. The zero-order valence-electron chi connectivity index (χ0n) is 12.9. The summed E-state index contributed by atoms with van der Waals surface area (Å²) >= 11 is 10.9. The van der Waals surface area contributed by atoms with Crippen molar-refractivity contribution in [3.05, 3.63) is 96.1 Å². The summed E-state index contributed by atoms with van der Waals surface area (Å²) in [4.78, 5) is 1.38. The lowest BCUT2D eigenvalue weighted by Gasteiger charge is -2.10. The normalized spacial score (nSPS) is 10.0. The molecular formula is C20H16N2S2. The number of anilines is 2. The van der Waals surface area contributed by atoms with Crippen LogP contribution in [0.25, 0.3) is 0 Å². The molecule has 0 amide bonds. The van der Waals surface area contributed by atoms with Gasteiger partial charge in [0.05, 0.1) is 0 Å². The molecule has 0 aromatic heterocycles. The van der Waals surface area contributed by atoms with E-state index >= 15 is 0 Å². The van der Waals surface area contributed by atoms with Gasteiger partial charge in [0.1, 0.15) is 9.98 Å². The van der Waals surface area contributed by atoms with E-state index in [2.05, 4.69) is 10.6 Å². The lowest BCUT2D eigenvalue weighted by atomic mass is 10.1. The van der Waals surface area contributed by atoms with Gasteiger partial charge in [0.15, 0.2) is 0 Å². The van der Waals surface area contributed by atoms with Crippen LogP contribution in [0, 0.1) is 0 Å². The van der Waals surface area contributed by atoms with E-state index in [4.69, 9.17) is 24.4 Å². The summed E-state index contributed by atoms with van der Waals surface area (Å²) < 4.78 is 0. The summed E-state index contributed by atoms with van der Waals surface area (Å²) in [6.07, 6.45) is 0. The standard InChI is InChI=1S/C20H16N2S2/c23-19(21-17-7-3-1-4-8-17)15-11-13-16(14-12-15)20(24)22-18-9-5-2-6-10-18/h1-14H,(H,21,23)(H,22,24). The predicted octanol–water partition coefficient (Wildman–Crippen LogP) is 5.26. The van der Waals surface area contributed by atoms with Crippen LogP contribution in [0.3, 0.4) is 0 Å². The first kappa shape index (κ1) is 16.3. The Morgan fingerprint density at radius 2 is 0.833 bits per heavy atom. The second kappa shape index (κ2) is 7.81.